The molecule has 8 nitrogen and oxygen atoms in total. The summed E-state index contributed by atoms with van der Waals surface area (Å²) in [4.78, 5) is 36.4. The van der Waals surface area contributed by atoms with E-state index >= 15 is 0 Å². The van der Waals surface area contributed by atoms with Crippen LogP contribution >= 0.6 is 0 Å². The number of non-ortho nitro benzene ring substituents is 1. The van der Waals surface area contributed by atoms with Gasteiger partial charge in [-0.15, -0.1) is 0 Å². The molecule has 2 N–H and O–H groups in total. The molecule has 3 aromatic rings. The number of amides is 2. The quantitative estimate of drug-likeness (QED) is 0.291. The Kier molecular flexibility index (Phi) is 7.17. The zero-order chi connectivity index (χ0) is 23.9. The zero-order valence-corrected chi connectivity index (χ0v) is 18.5. The Labute approximate surface area is 196 Å². The van der Waals surface area contributed by atoms with Crippen LogP contribution in [0, 0.1) is 10.1 Å². The van der Waals surface area contributed by atoms with Gasteiger partial charge >= 0.3 is 0 Å². The number of benzene rings is 2. The van der Waals surface area contributed by atoms with Gasteiger partial charge in [-0.3, -0.25) is 19.7 Å². The molecule has 2 aromatic carbocycles. The number of nitrogens with one attached hydrogen (secondary N) is 2. The van der Waals surface area contributed by atoms with E-state index < -0.39 is 10.8 Å². The van der Waals surface area contributed by atoms with Crippen LogP contribution in [0.1, 0.15) is 48.2 Å². The van der Waals surface area contributed by atoms with Gasteiger partial charge in [-0.25, -0.2) is 0 Å². The number of furan rings is 1. The molecule has 0 spiro atoms. The maximum absolute atomic E-state index is 13.1. The Bertz CT molecular complexity index is 1210. The number of nitro benzene ring substituents is 1. The fourth-order valence-corrected chi connectivity index (χ4v) is 3.95. The number of carbonyl (C=O) groups is 2. The molecule has 8 heteroatoms. The third-order valence-electron chi connectivity index (χ3n) is 5.72. The maximum atomic E-state index is 13.1. The fraction of sp³-hybridized carbons (Fsp3) is 0.231. The van der Waals surface area contributed by atoms with Crippen LogP contribution < -0.4 is 10.6 Å². The molecule has 4 rings (SSSR count). The summed E-state index contributed by atoms with van der Waals surface area (Å²) in [5.74, 6) is -0.0411. The van der Waals surface area contributed by atoms with Crippen LogP contribution in [0.15, 0.2) is 76.8 Å². The highest BCUT2D eigenvalue weighted by Gasteiger charge is 2.21. The molecule has 0 radical (unpaired) electrons. The second-order valence-electron chi connectivity index (χ2n) is 8.20. The van der Waals surface area contributed by atoms with Gasteiger partial charge in [0.05, 0.1) is 4.92 Å². The topological polar surface area (TPSA) is 114 Å². The van der Waals surface area contributed by atoms with Gasteiger partial charge in [-0.1, -0.05) is 49.6 Å². The van der Waals surface area contributed by atoms with E-state index in [0.717, 1.165) is 32.1 Å². The fourth-order valence-electron chi connectivity index (χ4n) is 3.95. The van der Waals surface area contributed by atoms with Crippen molar-refractivity contribution in [2.45, 2.75) is 38.1 Å². The van der Waals surface area contributed by atoms with Gasteiger partial charge in [0.15, 0.2) is 0 Å². The summed E-state index contributed by atoms with van der Waals surface area (Å²) in [7, 11) is 0. The van der Waals surface area contributed by atoms with Gasteiger partial charge in [0.1, 0.15) is 17.2 Å². The highest BCUT2D eigenvalue weighted by atomic mass is 16.6. The third kappa shape index (κ3) is 5.78. The number of nitro groups is 1. The van der Waals surface area contributed by atoms with Crippen molar-refractivity contribution < 1.29 is 18.9 Å². The lowest BCUT2D eigenvalue weighted by molar-refractivity contribution is -0.384. The Morgan fingerprint density at radius 3 is 2.47 bits per heavy atom. The smallest absolute Gasteiger partial charge is 0.270 e. The van der Waals surface area contributed by atoms with Crippen molar-refractivity contribution >= 4 is 23.6 Å². The summed E-state index contributed by atoms with van der Waals surface area (Å²) >= 11 is 0. The first-order valence-corrected chi connectivity index (χ1v) is 11.2. The molecule has 0 aliphatic heterocycles. The Morgan fingerprint density at radius 2 is 1.74 bits per heavy atom. The third-order valence-corrected chi connectivity index (χ3v) is 5.72. The lowest BCUT2D eigenvalue weighted by Crippen LogP contribution is -2.41. The summed E-state index contributed by atoms with van der Waals surface area (Å²) in [6.45, 7) is 0. The number of hydrogen-bond acceptors (Lipinski definition) is 5. The van der Waals surface area contributed by atoms with Crippen molar-refractivity contribution in [1.29, 1.82) is 0 Å². The van der Waals surface area contributed by atoms with Crippen LogP contribution in [0.5, 0.6) is 0 Å². The van der Waals surface area contributed by atoms with E-state index in [1.165, 1.54) is 18.2 Å². The molecule has 0 unspecified atom stereocenters. The number of rotatable bonds is 7. The number of carbonyl (C=O) groups excluding carboxylic acids is 2. The van der Waals surface area contributed by atoms with E-state index in [4.69, 9.17) is 4.42 Å². The highest BCUT2D eigenvalue weighted by Crippen LogP contribution is 2.26. The van der Waals surface area contributed by atoms with Crippen LogP contribution in [0.2, 0.25) is 0 Å². The summed E-state index contributed by atoms with van der Waals surface area (Å²) in [6.07, 6.45) is 6.56. The first-order valence-electron chi connectivity index (χ1n) is 11.2. The van der Waals surface area contributed by atoms with Crippen molar-refractivity contribution in [3.63, 3.8) is 0 Å². The lowest BCUT2D eigenvalue weighted by atomic mass is 9.95. The summed E-state index contributed by atoms with van der Waals surface area (Å²) in [5.41, 5.74) is 0.985. The molecule has 2 amide bonds. The summed E-state index contributed by atoms with van der Waals surface area (Å²) in [5, 5.41) is 16.8. The van der Waals surface area contributed by atoms with Gasteiger partial charge < -0.3 is 15.1 Å². The molecule has 1 heterocycles. The van der Waals surface area contributed by atoms with Crippen LogP contribution in [-0.2, 0) is 4.79 Å². The van der Waals surface area contributed by atoms with Crippen molar-refractivity contribution in [3.05, 3.63) is 93.9 Å². The normalized spacial score (nSPS) is 14.4. The first kappa shape index (κ1) is 23.0. The Morgan fingerprint density at radius 1 is 0.971 bits per heavy atom. The number of nitrogens with zero attached hydrogens (tertiary/aromatic N) is 1. The van der Waals surface area contributed by atoms with E-state index in [1.807, 2.05) is 6.07 Å². The van der Waals surface area contributed by atoms with E-state index in [2.05, 4.69) is 10.6 Å². The summed E-state index contributed by atoms with van der Waals surface area (Å²) in [6, 6.07) is 18.1. The van der Waals surface area contributed by atoms with Crippen molar-refractivity contribution in [2.24, 2.45) is 0 Å². The average Bonchev–Trinajstić information content (AvgIpc) is 3.33. The molecular weight excluding hydrogens is 434 g/mol. The Balaban J connectivity index is 1.59. The molecule has 1 aliphatic rings. The molecule has 1 aromatic heterocycles. The molecule has 1 saturated carbocycles. The second-order valence-corrected chi connectivity index (χ2v) is 8.20. The minimum Gasteiger partial charge on any atom is -0.457 e. The predicted molar refractivity (Wildman–Crippen MR) is 128 cm³/mol. The van der Waals surface area contributed by atoms with Gasteiger partial charge in [0.25, 0.3) is 17.5 Å². The van der Waals surface area contributed by atoms with E-state index in [-0.39, 0.29) is 23.3 Å². The minimum absolute atomic E-state index is 0.0475. The molecular formula is C26H25N3O5. The highest BCUT2D eigenvalue weighted by molar-refractivity contribution is 6.05. The van der Waals surface area contributed by atoms with Crippen LogP contribution in [-0.4, -0.2) is 22.8 Å². The van der Waals surface area contributed by atoms with Gasteiger partial charge in [-0.05, 0) is 37.1 Å². The molecule has 1 aliphatic carbocycles. The molecule has 0 atom stereocenters. The SMILES string of the molecule is O=C(NC1CCCCC1)/C(=C/c1ccc(-c2cccc([N+](=O)[O-])c2)o1)NC(=O)c1ccccc1. The average molecular weight is 460 g/mol. The molecule has 174 valence electrons. The largest absolute Gasteiger partial charge is 0.457 e. The maximum Gasteiger partial charge on any atom is 0.270 e. The monoisotopic (exact) mass is 459 g/mol. The van der Waals surface area contributed by atoms with E-state index in [0.29, 0.717) is 22.6 Å². The van der Waals surface area contributed by atoms with Crippen molar-refractivity contribution in [3.8, 4) is 11.3 Å². The minimum atomic E-state index is -0.472. The van der Waals surface area contributed by atoms with Crippen LogP contribution in [0.25, 0.3) is 17.4 Å². The zero-order valence-electron chi connectivity index (χ0n) is 18.5. The van der Waals surface area contributed by atoms with E-state index in [9.17, 15) is 19.7 Å². The lowest BCUT2D eigenvalue weighted by Gasteiger charge is -2.23. The molecule has 0 bridgehead atoms. The Hall–Kier alpha value is -4.20. The standard InChI is InChI=1S/C26H25N3O5/c30-25(18-8-3-1-4-9-18)28-23(26(31)27-20-11-5-2-6-12-20)17-22-14-15-24(34-22)19-10-7-13-21(16-19)29(32)33/h1,3-4,7-10,13-17,20H,2,5-6,11-12H2,(H,27,31)(H,28,30)/b23-17-. The molecule has 1 fully saturated rings. The predicted octanol–water partition coefficient (Wildman–Crippen LogP) is 5.07. The number of hydrogen-bond donors (Lipinski definition) is 2. The van der Waals surface area contributed by atoms with Gasteiger partial charge in [0.2, 0.25) is 0 Å². The van der Waals surface area contributed by atoms with Crippen molar-refractivity contribution in [1.82, 2.24) is 10.6 Å². The summed E-state index contributed by atoms with van der Waals surface area (Å²) < 4.78 is 5.83. The first-order chi connectivity index (χ1) is 16.5. The molecule has 34 heavy (non-hydrogen) atoms. The van der Waals surface area contributed by atoms with Crippen LogP contribution in [0.3, 0.4) is 0 Å². The molecule has 0 saturated heterocycles. The van der Waals surface area contributed by atoms with Crippen LogP contribution in [0.4, 0.5) is 5.69 Å². The van der Waals surface area contributed by atoms with Gasteiger partial charge in [0, 0.05) is 35.4 Å². The van der Waals surface area contributed by atoms with Gasteiger partial charge in [-0.2, -0.15) is 0 Å². The second kappa shape index (κ2) is 10.6. The van der Waals surface area contributed by atoms with Crippen molar-refractivity contribution in [2.75, 3.05) is 0 Å². The van der Waals surface area contributed by atoms with E-state index in [1.54, 1.807) is 48.5 Å².